The molecule has 7 heteroatoms. The van der Waals surface area contributed by atoms with E-state index < -0.39 is 4.92 Å². The van der Waals surface area contributed by atoms with E-state index in [1.165, 1.54) is 12.1 Å². The summed E-state index contributed by atoms with van der Waals surface area (Å²) in [7, 11) is 0. The van der Waals surface area contributed by atoms with E-state index in [9.17, 15) is 10.1 Å². The maximum absolute atomic E-state index is 10.4. The molecule has 2 aromatic rings. The van der Waals surface area contributed by atoms with Gasteiger partial charge in [-0.15, -0.1) is 0 Å². The van der Waals surface area contributed by atoms with Gasteiger partial charge in [-0.3, -0.25) is 10.1 Å². The highest BCUT2D eigenvalue weighted by Gasteiger charge is 2.07. The van der Waals surface area contributed by atoms with E-state index in [2.05, 4.69) is 4.98 Å². The summed E-state index contributed by atoms with van der Waals surface area (Å²) in [5.74, 6) is 0.632. The van der Waals surface area contributed by atoms with Gasteiger partial charge in [-0.25, -0.2) is 4.98 Å². The highest BCUT2D eigenvalue weighted by molar-refractivity contribution is 6.34. The predicted molar refractivity (Wildman–Crippen MR) is 67.4 cm³/mol. The van der Waals surface area contributed by atoms with Gasteiger partial charge in [0.2, 0.25) is 5.88 Å². The smallest absolute Gasteiger partial charge is 0.287 e. The van der Waals surface area contributed by atoms with Crippen LogP contribution < -0.4 is 4.74 Å². The summed E-state index contributed by atoms with van der Waals surface area (Å²) >= 11 is 11.6. The van der Waals surface area contributed by atoms with Gasteiger partial charge < -0.3 is 4.74 Å². The maximum atomic E-state index is 10.4. The number of ether oxygens (including phenoxy) is 1. The van der Waals surface area contributed by atoms with Crippen molar-refractivity contribution in [2.24, 2.45) is 0 Å². The third kappa shape index (κ3) is 3.09. The van der Waals surface area contributed by atoms with Crippen LogP contribution >= 0.6 is 23.2 Å². The first-order valence-electron chi connectivity index (χ1n) is 4.79. The number of hydrogen-bond donors (Lipinski definition) is 0. The Kier molecular flexibility index (Phi) is 3.64. The van der Waals surface area contributed by atoms with Gasteiger partial charge in [0.1, 0.15) is 11.9 Å². The third-order valence-electron chi connectivity index (χ3n) is 1.99. The summed E-state index contributed by atoms with van der Waals surface area (Å²) in [5, 5.41) is 11.3. The van der Waals surface area contributed by atoms with Crippen molar-refractivity contribution in [2.45, 2.75) is 0 Å². The Bertz CT molecular complexity index is 567. The normalized spacial score (nSPS) is 10.1. The van der Waals surface area contributed by atoms with Crippen molar-refractivity contribution in [1.82, 2.24) is 4.98 Å². The summed E-state index contributed by atoms with van der Waals surface area (Å²) < 4.78 is 5.37. The molecule has 0 radical (unpaired) electrons. The summed E-state index contributed by atoms with van der Waals surface area (Å²) in [4.78, 5) is 13.7. The summed E-state index contributed by atoms with van der Waals surface area (Å²) in [6.45, 7) is 0. The Morgan fingerprint density at radius 3 is 2.33 bits per heavy atom. The van der Waals surface area contributed by atoms with Gasteiger partial charge in [0, 0.05) is 22.2 Å². The SMILES string of the molecule is O=[N+]([O-])c1ccc(Oc2cc(Cl)cc(Cl)c2)nc1. The molecule has 0 aliphatic rings. The Hall–Kier alpha value is -1.85. The number of nitrogens with zero attached hydrogens (tertiary/aromatic N) is 2. The monoisotopic (exact) mass is 284 g/mol. The number of pyridine rings is 1. The van der Waals surface area contributed by atoms with Gasteiger partial charge in [-0.1, -0.05) is 23.2 Å². The fourth-order valence-electron chi connectivity index (χ4n) is 1.25. The van der Waals surface area contributed by atoms with Gasteiger partial charge in [-0.2, -0.15) is 0 Å². The van der Waals surface area contributed by atoms with E-state index in [4.69, 9.17) is 27.9 Å². The summed E-state index contributed by atoms with van der Waals surface area (Å²) in [6, 6.07) is 7.40. The minimum absolute atomic E-state index is 0.105. The van der Waals surface area contributed by atoms with Crippen LogP contribution in [0.5, 0.6) is 11.6 Å². The van der Waals surface area contributed by atoms with E-state index in [-0.39, 0.29) is 11.6 Å². The number of hydrogen-bond acceptors (Lipinski definition) is 4. The third-order valence-corrected chi connectivity index (χ3v) is 2.43. The highest BCUT2D eigenvalue weighted by Crippen LogP contribution is 2.27. The lowest BCUT2D eigenvalue weighted by atomic mass is 10.3. The molecule has 1 aromatic heterocycles. The second-order valence-electron chi connectivity index (χ2n) is 3.32. The average Bonchev–Trinajstić information content (AvgIpc) is 2.28. The fourth-order valence-corrected chi connectivity index (χ4v) is 1.76. The Balaban J connectivity index is 2.20. The van der Waals surface area contributed by atoms with Crippen LogP contribution in [0.3, 0.4) is 0 Å². The Labute approximate surface area is 112 Å². The van der Waals surface area contributed by atoms with Crippen LogP contribution in [0.4, 0.5) is 5.69 Å². The first kappa shape index (κ1) is 12.6. The molecule has 1 aromatic carbocycles. The van der Waals surface area contributed by atoms with Gasteiger partial charge in [0.05, 0.1) is 4.92 Å². The van der Waals surface area contributed by atoms with Gasteiger partial charge in [-0.05, 0) is 18.2 Å². The Morgan fingerprint density at radius 2 is 1.83 bits per heavy atom. The van der Waals surface area contributed by atoms with E-state index in [1.807, 2.05) is 0 Å². The number of halogens is 2. The zero-order valence-corrected chi connectivity index (χ0v) is 10.4. The number of benzene rings is 1. The topological polar surface area (TPSA) is 65.3 Å². The lowest BCUT2D eigenvalue weighted by Gasteiger charge is -2.05. The zero-order chi connectivity index (χ0) is 13.1. The van der Waals surface area contributed by atoms with Crippen molar-refractivity contribution in [3.63, 3.8) is 0 Å². The van der Waals surface area contributed by atoms with E-state index >= 15 is 0 Å². The molecule has 5 nitrogen and oxygen atoms in total. The summed E-state index contributed by atoms with van der Waals surface area (Å²) in [5.41, 5.74) is -0.105. The predicted octanol–water partition coefficient (Wildman–Crippen LogP) is 4.09. The van der Waals surface area contributed by atoms with Crippen molar-refractivity contribution in [1.29, 1.82) is 0 Å². The lowest BCUT2D eigenvalue weighted by molar-refractivity contribution is -0.385. The average molecular weight is 285 g/mol. The molecular weight excluding hydrogens is 279 g/mol. The molecule has 0 aliphatic carbocycles. The minimum atomic E-state index is -0.535. The molecule has 1 heterocycles. The number of aromatic nitrogens is 1. The highest BCUT2D eigenvalue weighted by atomic mass is 35.5. The van der Waals surface area contributed by atoms with Crippen molar-refractivity contribution in [2.75, 3.05) is 0 Å². The molecule has 0 amide bonds. The van der Waals surface area contributed by atoms with Gasteiger partial charge in [0.25, 0.3) is 5.69 Å². The molecule has 2 rings (SSSR count). The van der Waals surface area contributed by atoms with Crippen LogP contribution in [0.1, 0.15) is 0 Å². The molecule has 0 saturated heterocycles. The van der Waals surface area contributed by atoms with E-state index in [1.54, 1.807) is 18.2 Å². The second-order valence-corrected chi connectivity index (χ2v) is 4.19. The molecule has 0 N–H and O–H groups in total. The number of nitro groups is 1. The van der Waals surface area contributed by atoms with E-state index in [0.29, 0.717) is 15.8 Å². The molecule has 0 saturated carbocycles. The van der Waals surface area contributed by atoms with E-state index in [0.717, 1.165) is 6.20 Å². The quantitative estimate of drug-likeness (QED) is 0.629. The van der Waals surface area contributed by atoms with Gasteiger partial charge >= 0.3 is 0 Å². The molecule has 0 bridgehead atoms. The zero-order valence-electron chi connectivity index (χ0n) is 8.84. The van der Waals surface area contributed by atoms with Crippen LogP contribution in [-0.2, 0) is 0 Å². The van der Waals surface area contributed by atoms with Gasteiger partial charge in [0.15, 0.2) is 0 Å². The molecule has 0 spiro atoms. The van der Waals surface area contributed by atoms with Crippen LogP contribution in [-0.4, -0.2) is 9.91 Å². The largest absolute Gasteiger partial charge is 0.439 e. The maximum Gasteiger partial charge on any atom is 0.287 e. The molecule has 18 heavy (non-hydrogen) atoms. The first-order valence-corrected chi connectivity index (χ1v) is 5.54. The van der Waals surface area contributed by atoms with Crippen LogP contribution in [0, 0.1) is 10.1 Å². The molecule has 0 fully saturated rings. The molecule has 0 atom stereocenters. The van der Waals surface area contributed by atoms with Crippen LogP contribution in [0.2, 0.25) is 10.0 Å². The Morgan fingerprint density at radius 1 is 1.17 bits per heavy atom. The first-order chi connectivity index (χ1) is 8.54. The number of rotatable bonds is 3. The standard InChI is InChI=1S/C11H6Cl2N2O3/c12-7-3-8(13)5-10(4-7)18-11-2-1-9(6-14-11)15(16)17/h1-6H. The van der Waals surface area contributed by atoms with Crippen LogP contribution in [0.25, 0.3) is 0 Å². The lowest BCUT2D eigenvalue weighted by Crippen LogP contribution is -1.91. The van der Waals surface area contributed by atoms with Crippen molar-refractivity contribution < 1.29 is 9.66 Å². The fraction of sp³-hybridized carbons (Fsp3) is 0. The summed E-state index contributed by atoms with van der Waals surface area (Å²) in [6.07, 6.45) is 1.11. The molecule has 0 aliphatic heterocycles. The second kappa shape index (κ2) is 5.20. The van der Waals surface area contributed by atoms with Crippen LogP contribution in [0.15, 0.2) is 36.5 Å². The molecule has 0 unspecified atom stereocenters. The van der Waals surface area contributed by atoms with Crippen molar-refractivity contribution >= 4 is 28.9 Å². The van der Waals surface area contributed by atoms with Crippen molar-refractivity contribution in [3.05, 3.63) is 56.7 Å². The molecule has 92 valence electrons. The molecular formula is C11H6Cl2N2O3. The minimum Gasteiger partial charge on any atom is -0.439 e. The van der Waals surface area contributed by atoms with Crippen molar-refractivity contribution in [3.8, 4) is 11.6 Å².